The Hall–Kier alpha value is -3.02. The first kappa shape index (κ1) is 16.8. The molecule has 6 heteroatoms. The zero-order valence-corrected chi connectivity index (χ0v) is 13.4. The Labute approximate surface area is 143 Å². The van der Waals surface area contributed by atoms with Crippen LogP contribution in [0.5, 0.6) is 5.75 Å². The van der Waals surface area contributed by atoms with Gasteiger partial charge in [-0.1, -0.05) is 36.4 Å². The largest absolute Gasteiger partial charge is 0.497 e. The molecule has 0 N–H and O–H groups in total. The number of hydrogen-bond donors (Lipinski definition) is 0. The summed E-state index contributed by atoms with van der Waals surface area (Å²) in [4.78, 5) is 0. The third-order valence-corrected chi connectivity index (χ3v) is 3.59. The van der Waals surface area contributed by atoms with Crippen LogP contribution in [0.2, 0.25) is 0 Å². The van der Waals surface area contributed by atoms with E-state index in [0.29, 0.717) is 17.1 Å². The zero-order chi connectivity index (χ0) is 17.9. The smallest absolute Gasteiger partial charge is 0.435 e. The lowest BCUT2D eigenvalue weighted by atomic mass is 10.2. The van der Waals surface area contributed by atoms with Crippen LogP contribution in [-0.2, 0) is 6.18 Å². The highest BCUT2D eigenvalue weighted by atomic mass is 19.4. The van der Waals surface area contributed by atoms with E-state index in [1.54, 1.807) is 36.4 Å². The number of halogens is 3. The minimum Gasteiger partial charge on any atom is -0.497 e. The lowest BCUT2D eigenvalue weighted by molar-refractivity contribution is -0.141. The van der Waals surface area contributed by atoms with Gasteiger partial charge >= 0.3 is 6.18 Å². The second kappa shape index (κ2) is 6.84. The molecule has 0 amide bonds. The molecular formula is C19H15F3N2O. The molecule has 0 spiro atoms. The Kier molecular flexibility index (Phi) is 4.61. The van der Waals surface area contributed by atoms with E-state index in [0.717, 1.165) is 11.6 Å². The molecule has 3 aromatic rings. The number of nitrogens with zero attached hydrogens (tertiary/aromatic N) is 2. The quantitative estimate of drug-likeness (QED) is 0.661. The number of methoxy groups -OCH3 is 1. The molecule has 128 valence electrons. The molecule has 0 fully saturated rings. The van der Waals surface area contributed by atoms with Gasteiger partial charge in [0.2, 0.25) is 0 Å². The maximum absolute atomic E-state index is 13.1. The van der Waals surface area contributed by atoms with E-state index in [-0.39, 0.29) is 0 Å². The van der Waals surface area contributed by atoms with Crippen LogP contribution in [-0.4, -0.2) is 16.9 Å². The predicted molar refractivity (Wildman–Crippen MR) is 90.5 cm³/mol. The first-order valence-corrected chi connectivity index (χ1v) is 7.52. The number of ether oxygens (including phenoxy) is 1. The van der Waals surface area contributed by atoms with E-state index >= 15 is 0 Å². The Balaban J connectivity index is 2.03. The van der Waals surface area contributed by atoms with Gasteiger partial charge in [-0.05, 0) is 42.0 Å². The van der Waals surface area contributed by atoms with E-state index in [4.69, 9.17) is 4.74 Å². The van der Waals surface area contributed by atoms with Crippen LogP contribution in [0.4, 0.5) is 13.2 Å². The lowest BCUT2D eigenvalue weighted by Gasteiger charge is -2.06. The first-order chi connectivity index (χ1) is 12.0. The fourth-order valence-corrected chi connectivity index (χ4v) is 2.33. The SMILES string of the molecule is COc1ccc(-n2nc(C(F)(F)F)cc2/C=C/c2ccccc2)cc1. The maximum Gasteiger partial charge on any atom is 0.435 e. The highest BCUT2D eigenvalue weighted by Gasteiger charge is 2.34. The molecule has 0 saturated heterocycles. The van der Waals surface area contributed by atoms with Gasteiger partial charge in [-0.2, -0.15) is 18.3 Å². The van der Waals surface area contributed by atoms with Crippen molar-refractivity contribution < 1.29 is 17.9 Å². The van der Waals surface area contributed by atoms with Crippen molar-refractivity contribution in [1.29, 1.82) is 0 Å². The first-order valence-electron chi connectivity index (χ1n) is 7.52. The molecule has 3 nitrogen and oxygen atoms in total. The summed E-state index contributed by atoms with van der Waals surface area (Å²) in [6, 6.07) is 17.0. The molecule has 0 aliphatic carbocycles. The highest BCUT2D eigenvalue weighted by Crippen LogP contribution is 2.30. The van der Waals surface area contributed by atoms with E-state index in [9.17, 15) is 13.2 Å². The van der Waals surface area contributed by atoms with E-state index in [1.807, 2.05) is 30.3 Å². The maximum atomic E-state index is 13.1. The molecular weight excluding hydrogens is 329 g/mol. The molecule has 0 aliphatic heterocycles. The number of hydrogen-bond acceptors (Lipinski definition) is 2. The predicted octanol–water partition coefficient (Wildman–Crippen LogP) is 5.07. The Bertz CT molecular complexity index is 866. The molecule has 25 heavy (non-hydrogen) atoms. The summed E-state index contributed by atoms with van der Waals surface area (Å²) < 4.78 is 45.5. The van der Waals surface area contributed by atoms with Crippen molar-refractivity contribution >= 4 is 12.2 Å². The number of benzene rings is 2. The summed E-state index contributed by atoms with van der Waals surface area (Å²) in [5.41, 5.74) is 0.805. The van der Waals surface area contributed by atoms with Crippen LogP contribution < -0.4 is 4.74 Å². The second-order valence-electron chi connectivity index (χ2n) is 5.31. The van der Waals surface area contributed by atoms with E-state index in [2.05, 4.69) is 5.10 Å². The van der Waals surface area contributed by atoms with Gasteiger partial charge in [-0.25, -0.2) is 4.68 Å². The molecule has 0 atom stereocenters. The third kappa shape index (κ3) is 3.91. The fraction of sp³-hybridized carbons (Fsp3) is 0.105. The molecule has 0 saturated carbocycles. The minimum atomic E-state index is -4.51. The molecule has 3 rings (SSSR count). The van der Waals surface area contributed by atoms with Gasteiger partial charge in [0.1, 0.15) is 5.75 Å². The van der Waals surface area contributed by atoms with Crippen molar-refractivity contribution in [3.05, 3.63) is 77.6 Å². The highest BCUT2D eigenvalue weighted by molar-refractivity contribution is 5.69. The van der Waals surface area contributed by atoms with Crippen LogP contribution in [0.25, 0.3) is 17.8 Å². The van der Waals surface area contributed by atoms with Crippen LogP contribution in [0.15, 0.2) is 60.7 Å². The van der Waals surface area contributed by atoms with Gasteiger partial charge in [-0.3, -0.25) is 0 Å². The zero-order valence-electron chi connectivity index (χ0n) is 13.4. The second-order valence-corrected chi connectivity index (χ2v) is 5.31. The topological polar surface area (TPSA) is 27.1 Å². The molecule has 0 aliphatic rings. The molecule has 0 radical (unpaired) electrons. The van der Waals surface area contributed by atoms with Crippen molar-refractivity contribution in [2.24, 2.45) is 0 Å². The van der Waals surface area contributed by atoms with Gasteiger partial charge in [0.25, 0.3) is 0 Å². The van der Waals surface area contributed by atoms with Crippen molar-refractivity contribution in [3.8, 4) is 11.4 Å². The van der Waals surface area contributed by atoms with E-state index in [1.165, 1.54) is 11.8 Å². The van der Waals surface area contributed by atoms with Gasteiger partial charge in [0.15, 0.2) is 5.69 Å². The van der Waals surface area contributed by atoms with Crippen LogP contribution in [0, 0.1) is 0 Å². The summed E-state index contributed by atoms with van der Waals surface area (Å²) in [5, 5.41) is 3.72. The van der Waals surface area contributed by atoms with Crippen LogP contribution in [0.1, 0.15) is 17.0 Å². The van der Waals surface area contributed by atoms with Gasteiger partial charge < -0.3 is 4.74 Å². The number of alkyl halides is 3. The molecule has 1 heterocycles. The normalized spacial score (nSPS) is 11.8. The summed E-state index contributed by atoms with van der Waals surface area (Å²) >= 11 is 0. The minimum absolute atomic E-state index is 0.335. The van der Waals surface area contributed by atoms with Crippen molar-refractivity contribution in [1.82, 2.24) is 9.78 Å². The van der Waals surface area contributed by atoms with E-state index < -0.39 is 11.9 Å². The molecule has 0 bridgehead atoms. The van der Waals surface area contributed by atoms with Gasteiger partial charge in [-0.15, -0.1) is 0 Å². The Morgan fingerprint density at radius 2 is 1.64 bits per heavy atom. The molecule has 1 aromatic heterocycles. The summed E-state index contributed by atoms with van der Waals surface area (Å²) in [7, 11) is 1.53. The summed E-state index contributed by atoms with van der Waals surface area (Å²) in [6.07, 6.45) is -1.15. The fourth-order valence-electron chi connectivity index (χ4n) is 2.33. The summed E-state index contributed by atoms with van der Waals surface area (Å²) in [5.74, 6) is 0.619. The molecule has 2 aromatic carbocycles. The third-order valence-electron chi connectivity index (χ3n) is 3.59. The van der Waals surface area contributed by atoms with Crippen molar-refractivity contribution in [3.63, 3.8) is 0 Å². The molecule has 0 unspecified atom stereocenters. The van der Waals surface area contributed by atoms with Crippen molar-refractivity contribution in [2.45, 2.75) is 6.18 Å². The monoisotopic (exact) mass is 344 g/mol. The Morgan fingerprint density at radius 3 is 2.24 bits per heavy atom. The van der Waals surface area contributed by atoms with Gasteiger partial charge in [0, 0.05) is 0 Å². The van der Waals surface area contributed by atoms with Crippen LogP contribution >= 0.6 is 0 Å². The summed E-state index contributed by atoms with van der Waals surface area (Å²) in [6.45, 7) is 0. The number of rotatable bonds is 4. The van der Waals surface area contributed by atoms with Crippen molar-refractivity contribution in [2.75, 3.05) is 7.11 Å². The average Bonchev–Trinajstić information content (AvgIpc) is 3.05. The van der Waals surface area contributed by atoms with Crippen LogP contribution in [0.3, 0.4) is 0 Å². The standard InChI is InChI=1S/C19H15F3N2O/c1-25-17-11-9-15(10-12-17)24-16(13-18(23-24)19(20,21)22)8-7-14-5-3-2-4-6-14/h2-13H,1H3/b8-7+. The lowest BCUT2D eigenvalue weighted by Crippen LogP contribution is -2.07. The van der Waals surface area contributed by atoms with Gasteiger partial charge in [0.05, 0.1) is 18.5 Å². The average molecular weight is 344 g/mol. The number of aromatic nitrogens is 2. The Morgan fingerprint density at radius 1 is 0.960 bits per heavy atom.